The standard InChI is InChI=1S/C18H16F3NO/c1-23-22-17-11-13-4-2-3-5-15(13)16(17)10-12-6-8-14(9-7-12)18(19,20)21/h2-9,16H,10-11H2,1H3/b22-17+. The SMILES string of the molecule is CO/N=C1\Cc2ccccc2C1Cc1ccc(C(F)(F)F)cc1. The van der Waals surface area contributed by atoms with Crippen molar-refractivity contribution in [3.63, 3.8) is 0 Å². The molecule has 3 rings (SSSR count). The summed E-state index contributed by atoms with van der Waals surface area (Å²) < 4.78 is 37.9. The van der Waals surface area contributed by atoms with Gasteiger partial charge in [-0.1, -0.05) is 41.6 Å². The monoisotopic (exact) mass is 319 g/mol. The lowest BCUT2D eigenvalue weighted by atomic mass is 9.92. The van der Waals surface area contributed by atoms with Gasteiger partial charge in [-0.3, -0.25) is 0 Å². The van der Waals surface area contributed by atoms with E-state index < -0.39 is 11.7 Å². The molecule has 0 fully saturated rings. The van der Waals surface area contributed by atoms with Crippen LogP contribution in [0.3, 0.4) is 0 Å². The van der Waals surface area contributed by atoms with Gasteiger partial charge in [-0.15, -0.1) is 0 Å². The first-order valence-electron chi connectivity index (χ1n) is 7.33. The zero-order valence-electron chi connectivity index (χ0n) is 12.6. The molecule has 0 aliphatic heterocycles. The van der Waals surface area contributed by atoms with Crippen molar-refractivity contribution in [1.82, 2.24) is 0 Å². The zero-order chi connectivity index (χ0) is 16.4. The third-order valence-corrected chi connectivity index (χ3v) is 4.13. The van der Waals surface area contributed by atoms with Crippen LogP contribution in [-0.2, 0) is 23.9 Å². The summed E-state index contributed by atoms with van der Waals surface area (Å²) in [4.78, 5) is 4.93. The van der Waals surface area contributed by atoms with Crippen molar-refractivity contribution in [2.24, 2.45) is 5.16 Å². The number of alkyl halides is 3. The highest BCUT2D eigenvalue weighted by molar-refractivity contribution is 5.96. The molecule has 23 heavy (non-hydrogen) atoms. The first kappa shape index (κ1) is 15.6. The lowest BCUT2D eigenvalue weighted by Crippen LogP contribution is -2.11. The van der Waals surface area contributed by atoms with E-state index in [1.54, 1.807) is 0 Å². The van der Waals surface area contributed by atoms with Crippen molar-refractivity contribution in [2.45, 2.75) is 24.9 Å². The fourth-order valence-electron chi connectivity index (χ4n) is 3.04. The Bertz CT molecular complexity index is 720. The minimum atomic E-state index is -4.30. The molecule has 1 aliphatic carbocycles. The predicted octanol–water partition coefficient (Wildman–Crippen LogP) is 4.59. The van der Waals surface area contributed by atoms with Gasteiger partial charge in [-0.2, -0.15) is 13.2 Å². The van der Waals surface area contributed by atoms with Crippen LogP contribution in [0.5, 0.6) is 0 Å². The van der Waals surface area contributed by atoms with E-state index in [-0.39, 0.29) is 5.92 Å². The molecule has 0 radical (unpaired) electrons. The van der Waals surface area contributed by atoms with Crippen LogP contribution in [0, 0.1) is 0 Å². The number of halogens is 3. The highest BCUT2D eigenvalue weighted by Crippen LogP contribution is 2.35. The second-order valence-corrected chi connectivity index (χ2v) is 5.59. The number of fused-ring (bicyclic) bond motifs is 1. The lowest BCUT2D eigenvalue weighted by Gasteiger charge is -2.14. The van der Waals surface area contributed by atoms with Crippen LogP contribution in [0.2, 0.25) is 0 Å². The van der Waals surface area contributed by atoms with Crippen molar-refractivity contribution in [2.75, 3.05) is 7.11 Å². The van der Waals surface area contributed by atoms with E-state index in [0.29, 0.717) is 6.42 Å². The minimum absolute atomic E-state index is 0.0443. The van der Waals surface area contributed by atoms with Crippen LogP contribution in [0.15, 0.2) is 53.7 Å². The van der Waals surface area contributed by atoms with Gasteiger partial charge in [-0.05, 0) is 35.2 Å². The Morgan fingerprint density at radius 3 is 2.43 bits per heavy atom. The van der Waals surface area contributed by atoms with E-state index in [2.05, 4.69) is 5.16 Å². The first-order chi connectivity index (χ1) is 11.0. The van der Waals surface area contributed by atoms with Crippen LogP contribution < -0.4 is 0 Å². The summed E-state index contributed by atoms with van der Waals surface area (Å²) in [7, 11) is 1.51. The van der Waals surface area contributed by atoms with E-state index >= 15 is 0 Å². The average Bonchev–Trinajstić information content (AvgIpc) is 2.85. The van der Waals surface area contributed by atoms with Gasteiger partial charge in [0.15, 0.2) is 0 Å². The van der Waals surface area contributed by atoms with E-state index in [9.17, 15) is 13.2 Å². The molecular formula is C18H16F3NO. The summed E-state index contributed by atoms with van der Waals surface area (Å²) in [6.45, 7) is 0. The normalized spacial score (nSPS) is 19.0. The van der Waals surface area contributed by atoms with Crippen LogP contribution in [0.1, 0.15) is 28.2 Å². The maximum Gasteiger partial charge on any atom is 0.416 e. The summed E-state index contributed by atoms with van der Waals surface area (Å²) in [6.07, 6.45) is -2.98. The van der Waals surface area contributed by atoms with Gasteiger partial charge in [0.25, 0.3) is 0 Å². The van der Waals surface area contributed by atoms with Crippen molar-refractivity contribution in [3.05, 3.63) is 70.8 Å². The van der Waals surface area contributed by atoms with Gasteiger partial charge < -0.3 is 4.84 Å². The van der Waals surface area contributed by atoms with Gasteiger partial charge in [0, 0.05) is 12.3 Å². The van der Waals surface area contributed by atoms with Crippen molar-refractivity contribution in [3.8, 4) is 0 Å². The summed E-state index contributed by atoms with van der Waals surface area (Å²) in [5.74, 6) is 0.0443. The predicted molar refractivity (Wildman–Crippen MR) is 82.5 cm³/mol. The van der Waals surface area contributed by atoms with E-state index in [0.717, 1.165) is 29.8 Å². The second-order valence-electron chi connectivity index (χ2n) is 5.59. The third-order valence-electron chi connectivity index (χ3n) is 4.13. The number of hydrogen-bond donors (Lipinski definition) is 0. The maximum absolute atomic E-state index is 12.6. The molecule has 0 heterocycles. The largest absolute Gasteiger partial charge is 0.416 e. The third kappa shape index (κ3) is 3.23. The number of oxime groups is 1. The van der Waals surface area contributed by atoms with Crippen molar-refractivity contribution in [1.29, 1.82) is 0 Å². The molecule has 1 atom stereocenters. The molecule has 2 nitrogen and oxygen atoms in total. The van der Waals surface area contributed by atoms with Crippen LogP contribution in [0.25, 0.3) is 0 Å². The smallest absolute Gasteiger partial charge is 0.399 e. The lowest BCUT2D eigenvalue weighted by molar-refractivity contribution is -0.137. The van der Waals surface area contributed by atoms with Gasteiger partial charge in [0.05, 0.1) is 11.3 Å². The quantitative estimate of drug-likeness (QED) is 0.758. The highest BCUT2D eigenvalue weighted by atomic mass is 19.4. The molecule has 0 aromatic heterocycles. The first-order valence-corrected chi connectivity index (χ1v) is 7.33. The van der Waals surface area contributed by atoms with Crippen molar-refractivity contribution < 1.29 is 18.0 Å². The molecule has 0 N–H and O–H groups in total. The highest BCUT2D eigenvalue weighted by Gasteiger charge is 2.31. The Kier molecular flexibility index (Phi) is 4.11. The molecular weight excluding hydrogens is 303 g/mol. The van der Waals surface area contributed by atoms with Gasteiger partial charge in [0.2, 0.25) is 0 Å². The molecule has 0 bridgehead atoms. The molecule has 1 unspecified atom stereocenters. The van der Waals surface area contributed by atoms with Crippen LogP contribution in [-0.4, -0.2) is 12.8 Å². The minimum Gasteiger partial charge on any atom is -0.399 e. The molecule has 2 aromatic carbocycles. The molecule has 0 amide bonds. The fourth-order valence-corrected chi connectivity index (χ4v) is 3.04. The fraction of sp³-hybridized carbons (Fsp3) is 0.278. The maximum atomic E-state index is 12.6. The Morgan fingerprint density at radius 2 is 1.78 bits per heavy atom. The van der Waals surface area contributed by atoms with Crippen LogP contribution >= 0.6 is 0 Å². The zero-order valence-corrected chi connectivity index (χ0v) is 12.6. The Morgan fingerprint density at radius 1 is 1.09 bits per heavy atom. The molecule has 120 valence electrons. The van der Waals surface area contributed by atoms with E-state index in [4.69, 9.17) is 4.84 Å². The van der Waals surface area contributed by atoms with Gasteiger partial charge in [-0.25, -0.2) is 0 Å². The number of benzene rings is 2. The topological polar surface area (TPSA) is 21.6 Å². The summed E-state index contributed by atoms with van der Waals surface area (Å²) in [6, 6.07) is 13.4. The summed E-state index contributed by atoms with van der Waals surface area (Å²) >= 11 is 0. The molecule has 2 aromatic rings. The Balaban J connectivity index is 1.87. The number of nitrogens with zero attached hydrogens (tertiary/aromatic N) is 1. The van der Waals surface area contributed by atoms with Crippen molar-refractivity contribution >= 4 is 5.71 Å². The molecule has 1 aliphatic rings. The summed E-state index contributed by atoms with van der Waals surface area (Å²) in [5.41, 5.74) is 3.50. The summed E-state index contributed by atoms with van der Waals surface area (Å²) in [5, 5.41) is 4.11. The number of rotatable bonds is 3. The molecule has 0 saturated heterocycles. The molecule has 0 saturated carbocycles. The molecule has 0 spiro atoms. The van der Waals surface area contributed by atoms with Crippen LogP contribution in [0.4, 0.5) is 13.2 Å². The van der Waals surface area contributed by atoms with E-state index in [1.807, 2.05) is 24.3 Å². The molecule has 5 heteroatoms. The van der Waals surface area contributed by atoms with E-state index in [1.165, 1.54) is 30.4 Å². The Hall–Kier alpha value is -2.30. The second kappa shape index (κ2) is 6.07. The van der Waals surface area contributed by atoms with Gasteiger partial charge in [0.1, 0.15) is 7.11 Å². The van der Waals surface area contributed by atoms with Gasteiger partial charge >= 0.3 is 6.18 Å². The average molecular weight is 319 g/mol. The Labute approximate surface area is 132 Å². The number of hydrogen-bond acceptors (Lipinski definition) is 2.